The van der Waals surface area contributed by atoms with E-state index in [-0.39, 0.29) is 41.5 Å². The van der Waals surface area contributed by atoms with Crippen LogP contribution in [0.15, 0.2) is 36.5 Å². The summed E-state index contributed by atoms with van der Waals surface area (Å²) in [6.45, 7) is 0.818. The van der Waals surface area contributed by atoms with Crippen molar-refractivity contribution >= 4 is 58.5 Å². The Hall–Kier alpha value is -4.33. The fourth-order valence-electron chi connectivity index (χ4n) is 3.84. The molecule has 0 spiro atoms. The number of para-hydroxylation sites is 1. The van der Waals surface area contributed by atoms with Gasteiger partial charge in [-0.3, -0.25) is 19.1 Å². The Labute approximate surface area is 240 Å². The molecule has 2 heterocycles. The summed E-state index contributed by atoms with van der Waals surface area (Å²) in [6, 6.07) is 8.46. The molecule has 0 aliphatic heterocycles. The summed E-state index contributed by atoms with van der Waals surface area (Å²) in [5.41, 5.74) is 1.57. The molecule has 6 radical (unpaired) electrons. The highest BCUT2D eigenvalue weighted by atomic mass is 16.5. The predicted molar refractivity (Wildman–Crippen MR) is 153 cm³/mol. The Morgan fingerprint density at radius 1 is 1.10 bits per heavy atom. The van der Waals surface area contributed by atoms with Crippen LogP contribution in [0, 0.1) is 5.92 Å². The van der Waals surface area contributed by atoms with Gasteiger partial charge in [0, 0.05) is 37.4 Å². The van der Waals surface area contributed by atoms with Crippen LogP contribution in [0.4, 0.5) is 17.2 Å². The lowest BCUT2D eigenvalue weighted by Crippen LogP contribution is -2.50. The van der Waals surface area contributed by atoms with Gasteiger partial charge in [0.05, 0.1) is 54.3 Å². The SMILES string of the molecule is [B]C([B])([B])NC(=O)c1nnc(NC(=O)C2CC2)cc1Nc1cccc(-c2ccn(CC(=O)NCCOC)n2)c1OC. The van der Waals surface area contributed by atoms with E-state index in [4.69, 9.17) is 33.0 Å². The van der Waals surface area contributed by atoms with Crippen LogP contribution in [0.1, 0.15) is 23.3 Å². The Morgan fingerprint density at radius 3 is 2.56 bits per heavy atom. The Morgan fingerprint density at radius 2 is 1.88 bits per heavy atom. The molecule has 206 valence electrons. The molecule has 0 unspecified atom stereocenters. The van der Waals surface area contributed by atoms with Crippen molar-refractivity contribution < 1.29 is 23.9 Å². The number of amides is 3. The molecule has 0 atom stereocenters. The zero-order valence-corrected chi connectivity index (χ0v) is 22.6. The summed E-state index contributed by atoms with van der Waals surface area (Å²) in [6.07, 6.45) is 3.27. The standard InChI is InChI=1S/C25H27B3N8O5/c1-40-11-9-29-20(37)13-36-10-8-16(35-36)15-4-3-5-17(22(15)41-2)30-18-12-19(31-23(38)14-6-7-14)33-34-21(18)24(39)32-25(26,27)28/h3-5,8,10,12,14H,6-7,9,11,13H2,1-2H3,(H,29,37)(H,32,39)(H2,30,31,33,38). The molecule has 0 saturated heterocycles. The van der Waals surface area contributed by atoms with E-state index in [9.17, 15) is 14.4 Å². The quantitative estimate of drug-likeness (QED) is 0.170. The minimum atomic E-state index is -2.01. The number of carbonyl (C=O) groups is 3. The third-order valence-electron chi connectivity index (χ3n) is 5.88. The number of hydrogen-bond acceptors (Lipinski definition) is 9. The molecule has 0 bridgehead atoms. The highest BCUT2D eigenvalue weighted by molar-refractivity contribution is 6.60. The third-order valence-corrected chi connectivity index (χ3v) is 5.88. The minimum absolute atomic E-state index is 0.0192. The number of aromatic nitrogens is 4. The van der Waals surface area contributed by atoms with Gasteiger partial charge in [0.25, 0.3) is 5.91 Å². The maximum Gasteiger partial charge on any atom is 0.272 e. The molecule has 13 nitrogen and oxygen atoms in total. The van der Waals surface area contributed by atoms with Gasteiger partial charge in [-0.25, -0.2) is 0 Å². The molecule has 1 saturated carbocycles. The van der Waals surface area contributed by atoms with Gasteiger partial charge in [-0.05, 0) is 31.0 Å². The lowest BCUT2D eigenvalue weighted by molar-refractivity contribution is -0.122. The first-order valence-corrected chi connectivity index (χ1v) is 12.7. The maximum absolute atomic E-state index is 12.9. The zero-order valence-electron chi connectivity index (χ0n) is 22.6. The molecule has 4 N–H and O–H groups in total. The smallest absolute Gasteiger partial charge is 0.272 e. The van der Waals surface area contributed by atoms with Crippen molar-refractivity contribution in [1.29, 1.82) is 0 Å². The van der Waals surface area contributed by atoms with Gasteiger partial charge in [-0.2, -0.15) is 5.10 Å². The molecule has 3 amide bonds. The minimum Gasteiger partial charge on any atom is -0.494 e. The van der Waals surface area contributed by atoms with E-state index in [1.54, 1.807) is 37.6 Å². The summed E-state index contributed by atoms with van der Waals surface area (Å²) in [7, 11) is 19.7. The summed E-state index contributed by atoms with van der Waals surface area (Å²) in [4.78, 5) is 37.3. The van der Waals surface area contributed by atoms with E-state index in [1.165, 1.54) is 17.9 Å². The van der Waals surface area contributed by atoms with Crippen LogP contribution in [-0.4, -0.2) is 93.8 Å². The van der Waals surface area contributed by atoms with Crippen LogP contribution < -0.4 is 26.0 Å². The molecule has 1 aliphatic rings. The van der Waals surface area contributed by atoms with Crippen LogP contribution in [0.3, 0.4) is 0 Å². The van der Waals surface area contributed by atoms with Gasteiger partial charge < -0.3 is 30.7 Å². The highest BCUT2D eigenvalue weighted by Crippen LogP contribution is 2.38. The predicted octanol–water partition coefficient (Wildman–Crippen LogP) is 0.0500. The van der Waals surface area contributed by atoms with E-state index in [0.717, 1.165) is 12.8 Å². The highest BCUT2D eigenvalue weighted by Gasteiger charge is 2.30. The van der Waals surface area contributed by atoms with E-state index in [0.29, 0.717) is 35.8 Å². The lowest BCUT2D eigenvalue weighted by atomic mass is 9.49. The molecule has 41 heavy (non-hydrogen) atoms. The normalized spacial score (nSPS) is 12.8. The summed E-state index contributed by atoms with van der Waals surface area (Å²) in [5, 5.41) is 21.2. The summed E-state index contributed by atoms with van der Waals surface area (Å²) < 4.78 is 12.1. The number of carbonyl (C=O) groups excluding carboxylic acids is 3. The number of anilines is 3. The number of rotatable bonds is 13. The van der Waals surface area contributed by atoms with Gasteiger partial charge in [0.1, 0.15) is 6.54 Å². The first-order valence-electron chi connectivity index (χ1n) is 12.7. The van der Waals surface area contributed by atoms with Crippen molar-refractivity contribution in [3.63, 3.8) is 0 Å². The second-order valence-corrected chi connectivity index (χ2v) is 9.40. The van der Waals surface area contributed by atoms with Crippen molar-refractivity contribution in [2.75, 3.05) is 38.0 Å². The second kappa shape index (κ2) is 12.9. The monoisotopic (exact) mass is 552 g/mol. The largest absolute Gasteiger partial charge is 0.494 e. The molecule has 1 fully saturated rings. The van der Waals surface area contributed by atoms with Crippen LogP contribution in [-0.2, 0) is 20.9 Å². The van der Waals surface area contributed by atoms with Crippen molar-refractivity contribution in [2.24, 2.45) is 5.92 Å². The van der Waals surface area contributed by atoms with E-state index < -0.39 is 11.1 Å². The van der Waals surface area contributed by atoms with Gasteiger partial charge in [0.2, 0.25) is 11.8 Å². The molecular formula is C25H27B3N8O5. The van der Waals surface area contributed by atoms with Gasteiger partial charge >= 0.3 is 0 Å². The van der Waals surface area contributed by atoms with Crippen LogP contribution in [0.2, 0.25) is 0 Å². The molecule has 4 rings (SSSR count). The van der Waals surface area contributed by atoms with Crippen molar-refractivity contribution in [1.82, 2.24) is 30.6 Å². The number of nitrogens with zero attached hydrogens (tertiary/aromatic N) is 4. The first kappa shape index (κ1) is 29.7. The van der Waals surface area contributed by atoms with Crippen molar-refractivity contribution in [3.05, 3.63) is 42.2 Å². The first-order chi connectivity index (χ1) is 19.6. The van der Waals surface area contributed by atoms with Gasteiger partial charge in [0.15, 0.2) is 17.3 Å². The molecule has 16 heteroatoms. The van der Waals surface area contributed by atoms with Crippen LogP contribution >= 0.6 is 0 Å². The van der Waals surface area contributed by atoms with Crippen molar-refractivity contribution in [2.45, 2.75) is 24.6 Å². The average molecular weight is 552 g/mol. The Kier molecular flexibility index (Phi) is 9.33. The van der Waals surface area contributed by atoms with Crippen LogP contribution in [0.5, 0.6) is 5.75 Å². The van der Waals surface area contributed by atoms with Gasteiger partial charge in [-0.15, -0.1) is 10.2 Å². The molecular weight excluding hydrogens is 525 g/mol. The Bertz CT molecular complexity index is 1420. The van der Waals surface area contributed by atoms with E-state index in [2.05, 4.69) is 36.6 Å². The zero-order chi connectivity index (χ0) is 29.6. The average Bonchev–Trinajstić information content (AvgIpc) is 3.67. The molecule has 2 aromatic heterocycles. The number of ether oxygens (including phenoxy) is 2. The fraction of sp³-hybridized carbons (Fsp3) is 0.360. The number of methoxy groups -OCH3 is 2. The number of hydrogen-bond donors (Lipinski definition) is 4. The third kappa shape index (κ3) is 8.10. The van der Waals surface area contributed by atoms with Crippen molar-refractivity contribution in [3.8, 4) is 17.0 Å². The summed E-state index contributed by atoms with van der Waals surface area (Å²) >= 11 is 0. The van der Waals surface area contributed by atoms with Gasteiger partial charge in [-0.1, -0.05) is 11.3 Å². The topological polar surface area (TPSA) is 161 Å². The maximum atomic E-state index is 12.9. The number of nitrogens with one attached hydrogen (secondary N) is 4. The van der Waals surface area contributed by atoms with Crippen LogP contribution in [0.25, 0.3) is 11.3 Å². The van der Waals surface area contributed by atoms with E-state index >= 15 is 0 Å². The molecule has 1 aromatic carbocycles. The fourth-order valence-corrected chi connectivity index (χ4v) is 3.84. The molecule has 3 aromatic rings. The molecule has 1 aliphatic carbocycles. The second-order valence-electron chi connectivity index (χ2n) is 9.40. The Balaban J connectivity index is 1.62. The number of benzene rings is 1. The summed E-state index contributed by atoms with van der Waals surface area (Å²) in [5.74, 6) is -0.745. The lowest BCUT2D eigenvalue weighted by Gasteiger charge is -2.23. The van der Waals surface area contributed by atoms with E-state index in [1.807, 2.05) is 0 Å².